The Hall–Kier alpha value is -1.09. The maximum absolute atomic E-state index is 10.5. The minimum atomic E-state index is -1.21. The van der Waals surface area contributed by atoms with Gasteiger partial charge in [0.15, 0.2) is 6.23 Å². The first-order valence-corrected chi connectivity index (χ1v) is 9.51. The van der Waals surface area contributed by atoms with E-state index in [-0.39, 0.29) is 12.6 Å². The molecular formula is C17H21Cl2N3O4. The molecule has 2 aliphatic rings. The summed E-state index contributed by atoms with van der Waals surface area (Å²) in [5.41, 5.74) is 1.24. The van der Waals surface area contributed by atoms with E-state index in [0.717, 1.165) is 25.7 Å². The molecule has 0 radical (unpaired) electrons. The SMILES string of the molecule is OC[C@H]1O[C@@H](n2c(NC3CCCC3)nc3cc(Cl)c(Cl)cc32)[C@H](O)[C@@H]1O. The van der Waals surface area contributed by atoms with Crippen LogP contribution in [0.5, 0.6) is 0 Å². The molecule has 4 rings (SSSR count). The molecule has 1 saturated carbocycles. The normalized spacial score (nSPS) is 29.7. The van der Waals surface area contributed by atoms with E-state index in [0.29, 0.717) is 27.0 Å². The van der Waals surface area contributed by atoms with Gasteiger partial charge in [0, 0.05) is 6.04 Å². The van der Waals surface area contributed by atoms with Gasteiger partial charge in [0.1, 0.15) is 18.3 Å². The third-order valence-electron chi connectivity index (χ3n) is 5.19. The van der Waals surface area contributed by atoms with Crippen molar-refractivity contribution in [1.82, 2.24) is 9.55 Å². The summed E-state index contributed by atoms with van der Waals surface area (Å²) >= 11 is 12.3. The minimum absolute atomic E-state index is 0.286. The molecule has 1 saturated heterocycles. The van der Waals surface area contributed by atoms with Gasteiger partial charge < -0.3 is 25.4 Å². The Morgan fingerprint density at radius 1 is 1.15 bits per heavy atom. The average molecular weight is 402 g/mol. The number of rotatable bonds is 4. The number of imidazole rings is 1. The number of benzene rings is 1. The van der Waals surface area contributed by atoms with Crippen LogP contribution < -0.4 is 5.32 Å². The van der Waals surface area contributed by atoms with E-state index in [1.54, 1.807) is 16.7 Å². The van der Waals surface area contributed by atoms with Crippen LogP contribution in [0.25, 0.3) is 11.0 Å². The molecule has 4 N–H and O–H groups in total. The number of halogens is 2. The van der Waals surface area contributed by atoms with E-state index in [4.69, 9.17) is 27.9 Å². The first-order valence-electron chi connectivity index (χ1n) is 8.75. The van der Waals surface area contributed by atoms with Gasteiger partial charge in [-0.15, -0.1) is 0 Å². The molecule has 0 amide bonds. The van der Waals surface area contributed by atoms with Crippen molar-refractivity contribution in [3.05, 3.63) is 22.2 Å². The highest BCUT2D eigenvalue weighted by molar-refractivity contribution is 6.42. The molecule has 0 spiro atoms. The van der Waals surface area contributed by atoms with Gasteiger partial charge in [0.2, 0.25) is 5.95 Å². The number of anilines is 1. The monoisotopic (exact) mass is 401 g/mol. The summed E-state index contributed by atoms with van der Waals surface area (Å²) in [5.74, 6) is 0.528. The van der Waals surface area contributed by atoms with Crippen molar-refractivity contribution < 1.29 is 20.1 Å². The van der Waals surface area contributed by atoms with Crippen LogP contribution in [0.3, 0.4) is 0 Å². The maximum Gasteiger partial charge on any atom is 0.206 e. The lowest BCUT2D eigenvalue weighted by Gasteiger charge is -2.22. The van der Waals surface area contributed by atoms with E-state index < -0.39 is 24.5 Å². The lowest BCUT2D eigenvalue weighted by molar-refractivity contribution is -0.0499. The first kappa shape index (κ1) is 18.3. The number of hydrogen-bond donors (Lipinski definition) is 4. The molecule has 1 aliphatic carbocycles. The van der Waals surface area contributed by atoms with E-state index in [2.05, 4.69) is 10.3 Å². The number of nitrogens with one attached hydrogen (secondary N) is 1. The molecule has 2 aromatic rings. The van der Waals surface area contributed by atoms with Gasteiger partial charge in [-0.2, -0.15) is 0 Å². The standard InChI is InChI=1S/C17H21Cl2N3O4/c18-9-5-11-12(6-10(9)19)22(16-15(25)14(24)13(7-23)26-16)17(21-11)20-8-3-1-2-4-8/h5-6,8,13-16,23-25H,1-4,7H2,(H,20,21)/t13-,14-,15-,16-/m1/s1. The van der Waals surface area contributed by atoms with Gasteiger partial charge in [-0.05, 0) is 25.0 Å². The highest BCUT2D eigenvalue weighted by Crippen LogP contribution is 2.38. The number of ether oxygens (including phenoxy) is 1. The summed E-state index contributed by atoms with van der Waals surface area (Å²) in [4.78, 5) is 4.61. The third kappa shape index (κ3) is 3.06. The lowest BCUT2D eigenvalue weighted by atomic mass is 10.1. The van der Waals surface area contributed by atoms with E-state index in [1.807, 2.05) is 0 Å². The van der Waals surface area contributed by atoms with Crippen LogP contribution in [0.15, 0.2) is 12.1 Å². The third-order valence-corrected chi connectivity index (χ3v) is 5.91. The molecular weight excluding hydrogens is 381 g/mol. The van der Waals surface area contributed by atoms with E-state index >= 15 is 0 Å². The predicted octanol–water partition coefficient (Wildman–Crippen LogP) is 2.31. The van der Waals surface area contributed by atoms with Crippen LogP contribution in [0.2, 0.25) is 10.0 Å². The number of aliphatic hydroxyl groups is 3. The van der Waals surface area contributed by atoms with Crippen molar-refractivity contribution in [2.45, 2.75) is 56.3 Å². The molecule has 0 bridgehead atoms. The Bertz CT molecular complexity index is 809. The lowest BCUT2D eigenvalue weighted by Crippen LogP contribution is -2.33. The maximum atomic E-state index is 10.5. The molecule has 0 unspecified atom stereocenters. The number of hydrogen-bond acceptors (Lipinski definition) is 6. The van der Waals surface area contributed by atoms with E-state index in [1.165, 1.54) is 0 Å². The largest absolute Gasteiger partial charge is 0.394 e. The van der Waals surface area contributed by atoms with Crippen molar-refractivity contribution in [3.8, 4) is 0 Å². The van der Waals surface area contributed by atoms with Crippen molar-refractivity contribution >= 4 is 40.2 Å². The summed E-state index contributed by atoms with van der Waals surface area (Å²) in [6, 6.07) is 3.62. The van der Waals surface area contributed by atoms with E-state index in [9.17, 15) is 15.3 Å². The second kappa shape index (κ2) is 7.14. The Morgan fingerprint density at radius 2 is 1.85 bits per heavy atom. The predicted molar refractivity (Wildman–Crippen MR) is 98.6 cm³/mol. The Morgan fingerprint density at radius 3 is 2.50 bits per heavy atom. The summed E-state index contributed by atoms with van der Waals surface area (Å²) in [7, 11) is 0. The molecule has 1 aliphatic heterocycles. The van der Waals surface area contributed by atoms with Gasteiger partial charge in [0.25, 0.3) is 0 Å². The van der Waals surface area contributed by atoms with Crippen LogP contribution in [-0.2, 0) is 4.74 Å². The topological polar surface area (TPSA) is 99.8 Å². The molecule has 1 aromatic carbocycles. The average Bonchev–Trinajstić information content (AvgIpc) is 3.30. The summed E-state index contributed by atoms with van der Waals surface area (Å²) in [6.45, 7) is -0.390. The van der Waals surface area contributed by atoms with Crippen molar-refractivity contribution in [2.24, 2.45) is 0 Å². The van der Waals surface area contributed by atoms with Gasteiger partial charge in [-0.25, -0.2) is 4.98 Å². The Balaban J connectivity index is 1.80. The number of aromatic nitrogens is 2. The molecule has 2 heterocycles. The van der Waals surface area contributed by atoms with Gasteiger partial charge in [-0.1, -0.05) is 36.0 Å². The molecule has 4 atom stereocenters. The second-order valence-electron chi connectivity index (χ2n) is 6.92. The van der Waals surface area contributed by atoms with Crippen LogP contribution in [0.4, 0.5) is 5.95 Å². The van der Waals surface area contributed by atoms with Crippen molar-refractivity contribution in [1.29, 1.82) is 0 Å². The minimum Gasteiger partial charge on any atom is -0.394 e. The first-order chi connectivity index (χ1) is 12.5. The number of aliphatic hydroxyl groups excluding tert-OH is 3. The Kier molecular flexibility index (Phi) is 5.02. The molecule has 1 aromatic heterocycles. The molecule has 26 heavy (non-hydrogen) atoms. The summed E-state index contributed by atoms with van der Waals surface area (Å²) in [5, 5.41) is 34.2. The highest BCUT2D eigenvalue weighted by atomic mass is 35.5. The number of nitrogens with zero attached hydrogens (tertiary/aromatic N) is 2. The van der Waals surface area contributed by atoms with Crippen LogP contribution in [0, 0.1) is 0 Å². The number of fused-ring (bicyclic) bond motifs is 1. The van der Waals surface area contributed by atoms with Gasteiger partial charge in [-0.3, -0.25) is 4.57 Å². The fourth-order valence-electron chi connectivity index (χ4n) is 3.80. The smallest absolute Gasteiger partial charge is 0.206 e. The quantitative estimate of drug-likeness (QED) is 0.627. The van der Waals surface area contributed by atoms with Crippen LogP contribution in [-0.4, -0.2) is 55.8 Å². The fraction of sp³-hybridized carbons (Fsp3) is 0.588. The second-order valence-corrected chi connectivity index (χ2v) is 7.73. The molecule has 9 heteroatoms. The van der Waals surface area contributed by atoms with Gasteiger partial charge in [0.05, 0.1) is 27.7 Å². The zero-order valence-electron chi connectivity index (χ0n) is 14.0. The zero-order chi connectivity index (χ0) is 18.4. The van der Waals surface area contributed by atoms with Crippen LogP contribution >= 0.6 is 23.2 Å². The summed E-state index contributed by atoms with van der Waals surface area (Å²) in [6.07, 6.45) is 0.240. The fourth-order valence-corrected chi connectivity index (χ4v) is 4.11. The summed E-state index contributed by atoms with van der Waals surface area (Å²) < 4.78 is 7.41. The Labute approximate surface area is 160 Å². The van der Waals surface area contributed by atoms with Crippen molar-refractivity contribution in [2.75, 3.05) is 11.9 Å². The molecule has 142 valence electrons. The zero-order valence-corrected chi connectivity index (χ0v) is 15.5. The van der Waals surface area contributed by atoms with Gasteiger partial charge >= 0.3 is 0 Å². The molecule has 7 nitrogen and oxygen atoms in total. The molecule has 2 fully saturated rings. The van der Waals surface area contributed by atoms with Crippen molar-refractivity contribution in [3.63, 3.8) is 0 Å². The highest BCUT2D eigenvalue weighted by Gasteiger charge is 2.44. The van der Waals surface area contributed by atoms with Crippen LogP contribution in [0.1, 0.15) is 31.9 Å².